The molecule has 4 heteroatoms. The number of aliphatic hydroxyl groups excluding tert-OH is 1. The maximum atomic E-state index is 11.9. The maximum Gasteiger partial charge on any atom is 0.222 e. The summed E-state index contributed by atoms with van der Waals surface area (Å²) in [6.45, 7) is 6.46. The number of hydrogen-bond donors (Lipinski definition) is 1. The van der Waals surface area contributed by atoms with E-state index >= 15 is 0 Å². The summed E-state index contributed by atoms with van der Waals surface area (Å²) in [6, 6.07) is 0. The lowest BCUT2D eigenvalue weighted by Crippen LogP contribution is -2.33. The zero-order valence-corrected chi connectivity index (χ0v) is 12.7. The molecular weight excluding hydrogens is 242 g/mol. The van der Waals surface area contributed by atoms with Gasteiger partial charge in [-0.2, -0.15) is 0 Å². The van der Waals surface area contributed by atoms with Crippen molar-refractivity contribution in [2.45, 2.75) is 58.8 Å². The first kappa shape index (κ1) is 18.4. The highest BCUT2D eigenvalue weighted by Crippen LogP contribution is 2.08. The van der Waals surface area contributed by atoms with E-state index in [-0.39, 0.29) is 12.5 Å². The van der Waals surface area contributed by atoms with Crippen LogP contribution in [-0.2, 0) is 9.53 Å². The van der Waals surface area contributed by atoms with Crippen molar-refractivity contribution in [3.8, 4) is 0 Å². The molecule has 1 N–H and O–H groups in total. The van der Waals surface area contributed by atoms with Gasteiger partial charge in [-0.15, -0.1) is 0 Å². The molecule has 0 rings (SSSR count). The number of unbranched alkanes of at least 4 members (excludes halogenated alkanes) is 5. The minimum Gasteiger partial charge on any atom is -0.394 e. The van der Waals surface area contributed by atoms with Crippen molar-refractivity contribution >= 4 is 5.91 Å². The van der Waals surface area contributed by atoms with E-state index in [1.54, 1.807) is 0 Å². The van der Waals surface area contributed by atoms with Gasteiger partial charge in [0.05, 0.1) is 19.8 Å². The third kappa shape index (κ3) is 11.0. The number of nitrogens with zero attached hydrogens (tertiary/aromatic N) is 1. The smallest absolute Gasteiger partial charge is 0.222 e. The molecule has 114 valence electrons. The normalized spacial score (nSPS) is 10.7. The predicted octanol–water partition coefficient (Wildman–Crippen LogP) is 2.59. The third-order valence-electron chi connectivity index (χ3n) is 3.22. The van der Waals surface area contributed by atoms with Crippen LogP contribution in [0.1, 0.15) is 58.8 Å². The molecule has 4 nitrogen and oxygen atoms in total. The number of hydrogen-bond acceptors (Lipinski definition) is 3. The van der Waals surface area contributed by atoms with E-state index < -0.39 is 0 Å². The number of likely N-dealkylation sites (N-methyl/N-ethyl adjacent to an activating group) is 1. The Morgan fingerprint density at radius 3 is 2.37 bits per heavy atom. The van der Waals surface area contributed by atoms with Crippen LogP contribution in [0.5, 0.6) is 0 Å². The molecule has 0 fully saturated rings. The molecule has 0 aromatic carbocycles. The molecule has 0 heterocycles. The number of carbonyl (C=O) groups excluding carboxylic acids is 1. The van der Waals surface area contributed by atoms with Crippen molar-refractivity contribution in [2.24, 2.45) is 0 Å². The second kappa shape index (κ2) is 13.8. The molecule has 0 aromatic rings. The van der Waals surface area contributed by atoms with Crippen molar-refractivity contribution in [1.82, 2.24) is 4.90 Å². The Labute approximate surface area is 118 Å². The van der Waals surface area contributed by atoms with E-state index in [0.717, 1.165) is 19.4 Å². The fourth-order valence-electron chi connectivity index (χ4n) is 2.02. The molecular formula is C15H31NO3. The van der Waals surface area contributed by atoms with Crippen LogP contribution in [0.3, 0.4) is 0 Å². The van der Waals surface area contributed by atoms with Gasteiger partial charge < -0.3 is 14.7 Å². The van der Waals surface area contributed by atoms with Crippen molar-refractivity contribution in [2.75, 3.05) is 32.9 Å². The Morgan fingerprint density at radius 1 is 1.05 bits per heavy atom. The highest BCUT2D eigenvalue weighted by molar-refractivity contribution is 5.76. The van der Waals surface area contributed by atoms with Gasteiger partial charge in [0.15, 0.2) is 0 Å². The Bertz CT molecular complexity index is 210. The van der Waals surface area contributed by atoms with E-state index in [4.69, 9.17) is 9.84 Å². The summed E-state index contributed by atoms with van der Waals surface area (Å²) in [5.74, 6) is 0.227. The fraction of sp³-hybridized carbons (Fsp3) is 0.933. The largest absolute Gasteiger partial charge is 0.394 e. The van der Waals surface area contributed by atoms with Crippen LogP contribution in [0.4, 0.5) is 0 Å². The maximum absolute atomic E-state index is 11.9. The van der Waals surface area contributed by atoms with Gasteiger partial charge in [0.1, 0.15) is 0 Å². The lowest BCUT2D eigenvalue weighted by Gasteiger charge is -2.20. The lowest BCUT2D eigenvalue weighted by atomic mass is 10.1. The Kier molecular flexibility index (Phi) is 13.4. The zero-order valence-electron chi connectivity index (χ0n) is 12.7. The average Bonchev–Trinajstić information content (AvgIpc) is 2.42. The number of amides is 1. The van der Waals surface area contributed by atoms with Crippen LogP contribution in [-0.4, -0.2) is 48.8 Å². The number of carbonyl (C=O) groups is 1. The topological polar surface area (TPSA) is 49.8 Å². The molecule has 0 aromatic heterocycles. The van der Waals surface area contributed by atoms with E-state index in [0.29, 0.717) is 26.2 Å². The van der Waals surface area contributed by atoms with Gasteiger partial charge in [0.25, 0.3) is 0 Å². The summed E-state index contributed by atoms with van der Waals surface area (Å²) >= 11 is 0. The van der Waals surface area contributed by atoms with Gasteiger partial charge in [0.2, 0.25) is 5.91 Å². The Hall–Kier alpha value is -0.610. The minimum atomic E-state index is 0.0395. The molecule has 0 aliphatic rings. The molecule has 0 bridgehead atoms. The van der Waals surface area contributed by atoms with Gasteiger partial charge in [-0.25, -0.2) is 0 Å². The average molecular weight is 273 g/mol. The third-order valence-corrected chi connectivity index (χ3v) is 3.22. The summed E-state index contributed by atoms with van der Waals surface area (Å²) in [6.07, 6.45) is 7.90. The van der Waals surface area contributed by atoms with E-state index in [2.05, 4.69) is 6.92 Å². The van der Waals surface area contributed by atoms with Gasteiger partial charge in [-0.3, -0.25) is 4.79 Å². The van der Waals surface area contributed by atoms with Crippen LogP contribution in [0.2, 0.25) is 0 Å². The first-order valence-corrected chi connectivity index (χ1v) is 7.72. The first-order chi connectivity index (χ1) is 9.26. The lowest BCUT2D eigenvalue weighted by molar-refractivity contribution is -0.131. The second-order valence-corrected chi connectivity index (χ2v) is 4.83. The molecule has 1 amide bonds. The highest BCUT2D eigenvalue weighted by atomic mass is 16.5. The van der Waals surface area contributed by atoms with Crippen molar-refractivity contribution in [3.05, 3.63) is 0 Å². The molecule has 19 heavy (non-hydrogen) atoms. The number of rotatable bonds is 13. The van der Waals surface area contributed by atoms with Crippen LogP contribution in [0, 0.1) is 0 Å². The molecule has 0 aliphatic carbocycles. The predicted molar refractivity (Wildman–Crippen MR) is 78.2 cm³/mol. The van der Waals surface area contributed by atoms with Gasteiger partial charge in [-0.05, 0) is 13.3 Å². The summed E-state index contributed by atoms with van der Waals surface area (Å²) < 4.78 is 5.19. The summed E-state index contributed by atoms with van der Waals surface area (Å²) in [7, 11) is 0. The Morgan fingerprint density at radius 2 is 1.74 bits per heavy atom. The highest BCUT2D eigenvalue weighted by Gasteiger charge is 2.10. The summed E-state index contributed by atoms with van der Waals surface area (Å²) in [5.41, 5.74) is 0. The van der Waals surface area contributed by atoms with Gasteiger partial charge in [0, 0.05) is 19.5 Å². The molecule has 0 unspecified atom stereocenters. The van der Waals surface area contributed by atoms with Crippen molar-refractivity contribution in [1.29, 1.82) is 0 Å². The summed E-state index contributed by atoms with van der Waals surface area (Å²) in [5, 5.41) is 8.60. The number of ether oxygens (including phenoxy) is 1. The van der Waals surface area contributed by atoms with Gasteiger partial charge in [-0.1, -0.05) is 39.0 Å². The number of aliphatic hydroxyl groups is 1. The molecule has 0 saturated carbocycles. The van der Waals surface area contributed by atoms with Crippen LogP contribution < -0.4 is 0 Å². The van der Waals surface area contributed by atoms with E-state index in [1.165, 1.54) is 25.7 Å². The SMILES string of the molecule is CCCCCCCCC(=O)N(CC)CCOCCO. The standard InChI is InChI=1S/C15H31NO3/c1-3-5-6-7-8-9-10-15(18)16(4-2)11-13-19-14-12-17/h17H,3-14H2,1-2H3. The first-order valence-electron chi connectivity index (χ1n) is 7.72. The monoisotopic (exact) mass is 273 g/mol. The molecule has 0 spiro atoms. The van der Waals surface area contributed by atoms with Crippen LogP contribution in [0.25, 0.3) is 0 Å². The van der Waals surface area contributed by atoms with Crippen molar-refractivity contribution in [3.63, 3.8) is 0 Å². The van der Waals surface area contributed by atoms with E-state index in [1.807, 2.05) is 11.8 Å². The van der Waals surface area contributed by atoms with Crippen molar-refractivity contribution < 1.29 is 14.6 Å². The fourth-order valence-corrected chi connectivity index (χ4v) is 2.02. The van der Waals surface area contributed by atoms with Crippen LogP contribution in [0.15, 0.2) is 0 Å². The summed E-state index contributed by atoms with van der Waals surface area (Å²) in [4.78, 5) is 13.8. The van der Waals surface area contributed by atoms with E-state index in [9.17, 15) is 4.79 Å². The Balaban J connectivity index is 3.58. The second-order valence-electron chi connectivity index (χ2n) is 4.83. The minimum absolute atomic E-state index is 0.0395. The zero-order chi connectivity index (χ0) is 14.3. The van der Waals surface area contributed by atoms with Gasteiger partial charge >= 0.3 is 0 Å². The van der Waals surface area contributed by atoms with Crippen LogP contribution >= 0.6 is 0 Å². The molecule has 0 radical (unpaired) electrons. The molecule has 0 atom stereocenters. The molecule has 0 aliphatic heterocycles. The quantitative estimate of drug-likeness (QED) is 0.525. The molecule has 0 saturated heterocycles.